The number of primary amides is 1. The van der Waals surface area contributed by atoms with E-state index < -0.39 is 5.91 Å². The normalized spacial score (nSPS) is 9.75. The molecule has 64 valence electrons. The van der Waals surface area contributed by atoms with Gasteiger partial charge in [0.05, 0.1) is 5.56 Å². The Balaban J connectivity index is 2.78. The van der Waals surface area contributed by atoms with Gasteiger partial charge in [0.15, 0.2) is 5.16 Å². The van der Waals surface area contributed by atoms with Crippen LogP contribution in [0.4, 0.5) is 0 Å². The zero-order valence-corrected chi connectivity index (χ0v) is 7.47. The van der Waals surface area contributed by atoms with Crippen LogP contribution in [0.15, 0.2) is 17.6 Å². The monoisotopic (exact) mass is 183 g/mol. The van der Waals surface area contributed by atoms with E-state index in [2.05, 4.69) is 9.97 Å². The predicted molar refractivity (Wildman–Crippen MR) is 46.9 cm³/mol. The summed E-state index contributed by atoms with van der Waals surface area (Å²) in [6.45, 7) is 2.01. The van der Waals surface area contributed by atoms with Crippen molar-refractivity contribution in [3.05, 3.63) is 18.0 Å². The first-order valence-electron chi connectivity index (χ1n) is 3.48. The first kappa shape index (κ1) is 8.99. The largest absolute Gasteiger partial charge is 0.366 e. The van der Waals surface area contributed by atoms with Gasteiger partial charge in [0.1, 0.15) is 0 Å². The van der Waals surface area contributed by atoms with Crippen LogP contribution in [0.2, 0.25) is 0 Å². The second-order valence-electron chi connectivity index (χ2n) is 2.05. The molecule has 2 N–H and O–H groups in total. The van der Waals surface area contributed by atoms with E-state index in [0.717, 1.165) is 5.75 Å². The van der Waals surface area contributed by atoms with Gasteiger partial charge in [-0.25, -0.2) is 9.97 Å². The van der Waals surface area contributed by atoms with Crippen LogP contribution in [0.25, 0.3) is 0 Å². The highest BCUT2D eigenvalue weighted by molar-refractivity contribution is 7.99. The number of rotatable bonds is 3. The Kier molecular flexibility index (Phi) is 3.04. The van der Waals surface area contributed by atoms with Crippen LogP contribution in [0.5, 0.6) is 0 Å². The Morgan fingerprint density at radius 2 is 2.17 bits per heavy atom. The average Bonchev–Trinajstić information content (AvgIpc) is 2.06. The molecule has 0 aliphatic heterocycles. The van der Waals surface area contributed by atoms with Gasteiger partial charge in [0, 0.05) is 12.4 Å². The van der Waals surface area contributed by atoms with Crippen LogP contribution in [0, 0.1) is 0 Å². The van der Waals surface area contributed by atoms with Crippen LogP contribution in [-0.2, 0) is 0 Å². The first-order valence-corrected chi connectivity index (χ1v) is 4.47. The molecule has 1 rings (SSSR count). The van der Waals surface area contributed by atoms with Crippen LogP contribution >= 0.6 is 11.8 Å². The van der Waals surface area contributed by atoms with Crippen molar-refractivity contribution in [2.24, 2.45) is 5.73 Å². The van der Waals surface area contributed by atoms with Gasteiger partial charge in [-0.05, 0) is 5.75 Å². The van der Waals surface area contributed by atoms with E-state index >= 15 is 0 Å². The molecule has 0 aliphatic carbocycles. The van der Waals surface area contributed by atoms with Gasteiger partial charge in [-0.15, -0.1) is 0 Å². The van der Waals surface area contributed by atoms with Crippen molar-refractivity contribution in [2.75, 3.05) is 5.75 Å². The van der Waals surface area contributed by atoms with E-state index in [1.54, 1.807) is 0 Å². The topological polar surface area (TPSA) is 68.9 Å². The Morgan fingerprint density at radius 1 is 1.58 bits per heavy atom. The number of carbonyl (C=O) groups excluding carboxylic acids is 1. The molecular weight excluding hydrogens is 174 g/mol. The van der Waals surface area contributed by atoms with Gasteiger partial charge < -0.3 is 5.73 Å². The van der Waals surface area contributed by atoms with Crippen molar-refractivity contribution in [3.8, 4) is 0 Å². The lowest BCUT2D eigenvalue weighted by Gasteiger charge is -1.96. The van der Waals surface area contributed by atoms with E-state index in [-0.39, 0.29) is 0 Å². The molecule has 4 nitrogen and oxygen atoms in total. The van der Waals surface area contributed by atoms with Crippen molar-refractivity contribution in [1.29, 1.82) is 0 Å². The summed E-state index contributed by atoms with van der Waals surface area (Å²) in [7, 11) is 0. The lowest BCUT2D eigenvalue weighted by Crippen LogP contribution is -2.11. The van der Waals surface area contributed by atoms with E-state index in [9.17, 15) is 4.79 Å². The van der Waals surface area contributed by atoms with E-state index in [0.29, 0.717) is 10.7 Å². The minimum absolute atomic E-state index is 0.343. The Bertz CT molecular complexity index is 272. The maximum Gasteiger partial charge on any atom is 0.251 e. The van der Waals surface area contributed by atoms with E-state index in [4.69, 9.17) is 5.73 Å². The highest BCUT2D eigenvalue weighted by atomic mass is 32.2. The summed E-state index contributed by atoms with van der Waals surface area (Å²) in [5.74, 6) is 0.415. The Morgan fingerprint density at radius 3 is 2.58 bits per heavy atom. The summed E-state index contributed by atoms with van der Waals surface area (Å²) in [6, 6.07) is 0. The quantitative estimate of drug-likeness (QED) is 0.553. The molecule has 0 atom stereocenters. The maximum atomic E-state index is 10.6. The van der Waals surface area contributed by atoms with E-state index in [1.165, 1.54) is 24.2 Å². The summed E-state index contributed by atoms with van der Waals surface area (Å²) in [6.07, 6.45) is 2.88. The molecule has 0 spiro atoms. The molecule has 12 heavy (non-hydrogen) atoms. The minimum atomic E-state index is -0.497. The number of nitrogens with two attached hydrogens (primary N) is 1. The predicted octanol–water partition coefficient (Wildman–Crippen LogP) is 0.688. The second-order valence-corrected chi connectivity index (χ2v) is 3.28. The number of amides is 1. The van der Waals surface area contributed by atoms with Gasteiger partial charge in [-0.2, -0.15) is 0 Å². The van der Waals surface area contributed by atoms with Crippen molar-refractivity contribution >= 4 is 17.7 Å². The minimum Gasteiger partial charge on any atom is -0.366 e. The lowest BCUT2D eigenvalue weighted by atomic mass is 10.3. The van der Waals surface area contributed by atoms with Gasteiger partial charge in [-0.1, -0.05) is 18.7 Å². The highest BCUT2D eigenvalue weighted by Gasteiger charge is 2.01. The van der Waals surface area contributed by atoms with Gasteiger partial charge in [0.2, 0.25) is 0 Å². The fourth-order valence-electron chi connectivity index (χ4n) is 0.647. The summed E-state index contributed by atoms with van der Waals surface area (Å²) < 4.78 is 0. The molecule has 1 aromatic rings. The van der Waals surface area contributed by atoms with Crippen LogP contribution in [0.3, 0.4) is 0 Å². The molecule has 0 saturated heterocycles. The van der Waals surface area contributed by atoms with E-state index in [1.807, 2.05) is 6.92 Å². The molecular formula is C7H9N3OS. The molecule has 0 unspecified atom stereocenters. The van der Waals surface area contributed by atoms with Crippen molar-refractivity contribution in [3.63, 3.8) is 0 Å². The molecule has 0 aromatic carbocycles. The average molecular weight is 183 g/mol. The third kappa shape index (κ3) is 2.20. The Hall–Kier alpha value is -1.10. The fraction of sp³-hybridized carbons (Fsp3) is 0.286. The smallest absolute Gasteiger partial charge is 0.251 e. The summed E-state index contributed by atoms with van der Waals surface area (Å²) in [5.41, 5.74) is 5.36. The number of hydrogen-bond acceptors (Lipinski definition) is 4. The second kappa shape index (κ2) is 4.06. The van der Waals surface area contributed by atoms with Crippen LogP contribution in [-0.4, -0.2) is 21.6 Å². The zero-order chi connectivity index (χ0) is 8.97. The molecule has 5 heteroatoms. The summed E-state index contributed by atoms with van der Waals surface area (Å²) in [4.78, 5) is 18.5. The molecule has 0 bridgehead atoms. The first-order chi connectivity index (χ1) is 5.74. The van der Waals surface area contributed by atoms with Crippen molar-refractivity contribution in [1.82, 2.24) is 9.97 Å². The highest BCUT2D eigenvalue weighted by Crippen LogP contribution is 2.10. The number of nitrogens with zero attached hydrogens (tertiary/aromatic N) is 2. The molecule has 0 fully saturated rings. The van der Waals surface area contributed by atoms with Crippen LogP contribution < -0.4 is 5.73 Å². The van der Waals surface area contributed by atoms with Crippen molar-refractivity contribution in [2.45, 2.75) is 12.1 Å². The summed E-state index contributed by atoms with van der Waals surface area (Å²) in [5, 5.41) is 0.669. The molecule has 1 heterocycles. The van der Waals surface area contributed by atoms with Gasteiger partial charge in [-0.3, -0.25) is 4.79 Å². The standard InChI is InChI=1S/C7H9N3OS/c1-2-12-7-9-3-5(4-10-7)6(8)11/h3-4H,2H2,1H3,(H2,8,11). The molecule has 1 aromatic heterocycles. The third-order valence-electron chi connectivity index (χ3n) is 1.19. The molecule has 0 saturated carbocycles. The number of carbonyl (C=O) groups is 1. The number of hydrogen-bond donors (Lipinski definition) is 1. The third-order valence-corrected chi connectivity index (χ3v) is 1.94. The number of aromatic nitrogens is 2. The van der Waals surface area contributed by atoms with Gasteiger partial charge in [0.25, 0.3) is 5.91 Å². The fourth-order valence-corrected chi connectivity index (χ4v) is 1.16. The number of thioether (sulfide) groups is 1. The maximum absolute atomic E-state index is 10.6. The molecule has 1 amide bonds. The SMILES string of the molecule is CCSc1ncc(C(N)=O)cn1. The molecule has 0 aliphatic rings. The Labute approximate surface area is 74.6 Å². The molecule has 0 radical (unpaired) electrons. The lowest BCUT2D eigenvalue weighted by molar-refractivity contribution is 0.0999. The van der Waals surface area contributed by atoms with Gasteiger partial charge >= 0.3 is 0 Å². The summed E-state index contributed by atoms with van der Waals surface area (Å²) >= 11 is 1.52. The van der Waals surface area contributed by atoms with Crippen LogP contribution in [0.1, 0.15) is 17.3 Å². The zero-order valence-electron chi connectivity index (χ0n) is 6.65. The van der Waals surface area contributed by atoms with Crippen molar-refractivity contribution < 1.29 is 4.79 Å².